The summed E-state index contributed by atoms with van der Waals surface area (Å²) in [6, 6.07) is 5.26. The van der Waals surface area contributed by atoms with Crippen LogP contribution < -0.4 is 10.1 Å². The topological polar surface area (TPSA) is 67.9 Å². The van der Waals surface area contributed by atoms with E-state index in [1.165, 1.54) is 0 Å². The molecule has 1 aromatic carbocycles. The fraction of sp³-hybridized carbons (Fsp3) is 0.556. The highest BCUT2D eigenvalue weighted by atomic mass is 79.9. The molecule has 0 atom stereocenters. The van der Waals surface area contributed by atoms with Crippen molar-refractivity contribution in [2.45, 2.75) is 40.2 Å². The van der Waals surface area contributed by atoms with Gasteiger partial charge < -0.3 is 19.7 Å². The maximum absolute atomic E-state index is 12.4. The van der Waals surface area contributed by atoms with Crippen LogP contribution in [0.2, 0.25) is 0 Å². The lowest BCUT2D eigenvalue weighted by Gasteiger charge is -2.20. The highest BCUT2D eigenvalue weighted by Crippen LogP contribution is 2.22. The second kappa shape index (κ2) is 9.65. The third kappa shape index (κ3) is 7.77. The number of carbonyl (C=O) groups is 2. The Hall–Kier alpha value is -1.76. The Labute approximate surface area is 158 Å². The van der Waals surface area contributed by atoms with Crippen molar-refractivity contribution >= 4 is 27.9 Å². The highest BCUT2D eigenvalue weighted by molar-refractivity contribution is 9.10. The summed E-state index contributed by atoms with van der Waals surface area (Å²) in [6.07, 6.45) is -0.484. The van der Waals surface area contributed by atoms with Crippen LogP contribution in [0, 0.1) is 0 Å². The van der Waals surface area contributed by atoms with Crippen molar-refractivity contribution in [2.75, 3.05) is 26.2 Å². The van der Waals surface area contributed by atoms with Gasteiger partial charge >= 0.3 is 6.09 Å². The first-order valence-corrected chi connectivity index (χ1v) is 9.15. The molecule has 0 saturated carbocycles. The first-order valence-electron chi connectivity index (χ1n) is 8.35. The molecule has 0 radical (unpaired) electrons. The molecule has 0 aliphatic heterocycles. The van der Waals surface area contributed by atoms with Crippen LogP contribution in [0.4, 0.5) is 4.79 Å². The minimum absolute atomic E-state index is 0.0389. The summed E-state index contributed by atoms with van der Waals surface area (Å²) in [5.41, 5.74) is 0.0303. The normalized spacial score (nSPS) is 11.0. The highest BCUT2D eigenvalue weighted by Gasteiger charge is 2.16. The fourth-order valence-corrected chi connectivity index (χ4v) is 2.57. The van der Waals surface area contributed by atoms with Crippen molar-refractivity contribution < 1.29 is 19.1 Å². The Kier molecular flexibility index (Phi) is 8.22. The fourth-order valence-electron chi connectivity index (χ4n) is 2.10. The minimum atomic E-state index is -0.533. The van der Waals surface area contributed by atoms with Gasteiger partial charge in [0.05, 0.1) is 6.54 Å². The number of rotatable bonds is 7. The molecular formula is C18H27BrN2O4. The third-order valence-electron chi connectivity index (χ3n) is 3.21. The van der Waals surface area contributed by atoms with Crippen LogP contribution in [0.5, 0.6) is 5.75 Å². The van der Waals surface area contributed by atoms with Gasteiger partial charge in [-0.1, -0.05) is 15.9 Å². The number of nitrogens with one attached hydrogen (secondary N) is 1. The van der Waals surface area contributed by atoms with Crippen LogP contribution >= 0.6 is 15.9 Å². The quantitative estimate of drug-likeness (QED) is 0.688. The molecule has 1 rings (SSSR count). The number of hydrogen-bond donors (Lipinski definition) is 1. The lowest BCUT2D eigenvalue weighted by molar-refractivity contribution is 0.0520. The third-order valence-corrected chi connectivity index (χ3v) is 3.67. The average molecular weight is 415 g/mol. The number of benzene rings is 1. The average Bonchev–Trinajstić information content (AvgIpc) is 2.50. The van der Waals surface area contributed by atoms with E-state index in [-0.39, 0.29) is 12.5 Å². The van der Waals surface area contributed by atoms with E-state index in [2.05, 4.69) is 21.2 Å². The SMILES string of the molecule is CCN(CC)C(=O)c1cc(Br)cc(OCCNC(=O)OC(C)(C)C)c1. The number of hydrogen-bond acceptors (Lipinski definition) is 4. The van der Waals surface area contributed by atoms with Crippen molar-refractivity contribution in [3.8, 4) is 5.75 Å². The summed E-state index contributed by atoms with van der Waals surface area (Å²) in [5.74, 6) is 0.527. The van der Waals surface area contributed by atoms with E-state index in [0.29, 0.717) is 30.9 Å². The Balaban J connectivity index is 2.60. The Morgan fingerprint density at radius 3 is 2.36 bits per heavy atom. The van der Waals surface area contributed by atoms with Gasteiger partial charge in [-0.3, -0.25) is 4.79 Å². The number of amides is 2. The molecule has 0 aliphatic carbocycles. The second-order valence-electron chi connectivity index (χ2n) is 6.43. The smallest absolute Gasteiger partial charge is 0.407 e. The molecule has 7 heteroatoms. The Bertz CT molecular complexity index is 595. The van der Waals surface area contributed by atoms with E-state index < -0.39 is 11.7 Å². The van der Waals surface area contributed by atoms with Gasteiger partial charge in [0, 0.05) is 23.1 Å². The number of alkyl carbamates (subject to hydrolysis) is 1. The predicted molar refractivity (Wildman–Crippen MR) is 101 cm³/mol. The van der Waals surface area contributed by atoms with Gasteiger partial charge in [-0.2, -0.15) is 0 Å². The van der Waals surface area contributed by atoms with Crippen molar-refractivity contribution in [3.05, 3.63) is 28.2 Å². The number of ether oxygens (including phenoxy) is 2. The molecule has 0 aliphatic rings. The zero-order valence-electron chi connectivity index (χ0n) is 15.5. The molecule has 1 N–H and O–H groups in total. The van der Waals surface area contributed by atoms with E-state index in [9.17, 15) is 9.59 Å². The Morgan fingerprint density at radius 1 is 1.16 bits per heavy atom. The van der Waals surface area contributed by atoms with Crippen molar-refractivity contribution in [1.29, 1.82) is 0 Å². The summed E-state index contributed by atoms with van der Waals surface area (Å²) < 4.78 is 11.5. The van der Waals surface area contributed by atoms with Crippen LogP contribution in [-0.4, -0.2) is 48.7 Å². The summed E-state index contributed by atoms with van der Waals surface area (Å²) in [5, 5.41) is 2.62. The van der Waals surface area contributed by atoms with E-state index in [0.717, 1.165) is 4.47 Å². The first kappa shape index (κ1) is 21.3. The van der Waals surface area contributed by atoms with Gasteiger partial charge in [-0.05, 0) is 52.8 Å². The largest absolute Gasteiger partial charge is 0.492 e. The van der Waals surface area contributed by atoms with Crippen molar-refractivity contribution in [1.82, 2.24) is 10.2 Å². The van der Waals surface area contributed by atoms with Crippen LogP contribution in [0.3, 0.4) is 0 Å². The maximum atomic E-state index is 12.4. The van der Waals surface area contributed by atoms with Crippen LogP contribution in [0.15, 0.2) is 22.7 Å². The molecule has 0 unspecified atom stereocenters. The molecule has 0 spiro atoms. The zero-order chi connectivity index (χ0) is 19.0. The number of carbonyl (C=O) groups excluding carboxylic acids is 2. The second-order valence-corrected chi connectivity index (χ2v) is 7.35. The van der Waals surface area contributed by atoms with Gasteiger partial charge in [-0.15, -0.1) is 0 Å². The van der Waals surface area contributed by atoms with Crippen molar-refractivity contribution in [2.24, 2.45) is 0 Å². The summed E-state index contributed by atoms with van der Waals surface area (Å²) in [7, 11) is 0. The molecule has 0 heterocycles. The molecule has 0 saturated heterocycles. The molecule has 0 bridgehead atoms. The predicted octanol–water partition coefficient (Wildman–Crippen LogP) is 3.83. The Morgan fingerprint density at radius 2 is 1.80 bits per heavy atom. The summed E-state index contributed by atoms with van der Waals surface area (Å²) in [6.45, 7) is 11.2. The van der Waals surface area contributed by atoms with Crippen LogP contribution in [0.25, 0.3) is 0 Å². The molecular weight excluding hydrogens is 388 g/mol. The van der Waals surface area contributed by atoms with E-state index >= 15 is 0 Å². The van der Waals surface area contributed by atoms with E-state index in [1.807, 2.05) is 13.8 Å². The van der Waals surface area contributed by atoms with Gasteiger partial charge in [0.15, 0.2) is 0 Å². The standard InChI is InChI=1S/C18H27BrN2O4/c1-6-21(7-2)16(22)13-10-14(19)12-15(11-13)24-9-8-20-17(23)25-18(3,4)5/h10-12H,6-9H2,1-5H3,(H,20,23). The molecule has 0 aromatic heterocycles. The monoisotopic (exact) mass is 414 g/mol. The zero-order valence-corrected chi connectivity index (χ0v) is 17.1. The molecule has 1 aromatic rings. The van der Waals surface area contributed by atoms with Gasteiger partial charge in [-0.25, -0.2) is 4.79 Å². The van der Waals surface area contributed by atoms with Crippen LogP contribution in [-0.2, 0) is 4.74 Å². The maximum Gasteiger partial charge on any atom is 0.407 e. The van der Waals surface area contributed by atoms with Gasteiger partial charge in [0.1, 0.15) is 18.0 Å². The first-order chi connectivity index (χ1) is 11.7. The van der Waals surface area contributed by atoms with Gasteiger partial charge in [0.2, 0.25) is 0 Å². The molecule has 25 heavy (non-hydrogen) atoms. The number of halogens is 1. The van der Waals surface area contributed by atoms with Crippen molar-refractivity contribution in [3.63, 3.8) is 0 Å². The lowest BCUT2D eigenvalue weighted by Crippen LogP contribution is -2.34. The van der Waals surface area contributed by atoms with E-state index in [1.54, 1.807) is 43.9 Å². The molecule has 6 nitrogen and oxygen atoms in total. The summed E-state index contributed by atoms with van der Waals surface area (Å²) in [4.78, 5) is 25.7. The number of nitrogens with zero attached hydrogens (tertiary/aromatic N) is 1. The molecule has 140 valence electrons. The summed E-state index contributed by atoms with van der Waals surface area (Å²) >= 11 is 3.40. The minimum Gasteiger partial charge on any atom is -0.492 e. The molecule has 0 fully saturated rings. The van der Waals surface area contributed by atoms with E-state index in [4.69, 9.17) is 9.47 Å². The van der Waals surface area contributed by atoms with Gasteiger partial charge in [0.25, 0.3) is 5.91 Å². The molecule has 2 amide bonds. The van der Waals surface area contributed by atoms with Crippen LogP contribution in [0.1, 0.15) is 45.0 Å². The lowest BCUT2D eigenvalue weighted by atomic mass is 10.2.